The van der Waals surface area contributed by atoms with Gasteiger partial charge >= 0.3 is 0 Å². The fourth-order valence-corrected chi connectivity index (χ4v) is 1.48. The van der Waals surface area contributed by atoms with Crippen molar-refractivity contribution in [2.45, 2.75) is 6.92 Å². The molecule has 0 aliphatic carbocycles. The maximum atomic E-state index is 13.0. The summed E-state index contributed by atoms with van der Waals surface area (Å²) in [6.07, 6.45) is 5.40. The van der Waals surface area contributed by atoms with Gasteiger partial charge < -0.3 is 5.32 Å². The highest BCUT2D eigenvalue weighted by molar-refractivity contribution is 5.53. The van der Waals surface area contributed by atoms with Crippen LogP contribution >= 0.6 is 0 Å². The molecule has 2 nitrogen and oxygen atoms in total. The number of hydrogen-bond donors (Lipinski definition) is 1. The molecule has 0 aliphatic rings. The van der Waals surface area contributed by atoms with Crippen molar-refractivity contribution in [3.63, 3.8) is 0 Å². The molecule has 1 aromatic rings. The van der Waals surface area contributed by atoms with Crippen molar-refractivity contribution in [3.05, 3.63) is 78.4 Å². The molecule has 1 rings (SSSR count). The highest BCUT2D eigenvalue weighted by Crippen LogP contribution is 2.16. The third-order valence-corrected chi connectivity index (χ3v) is 2.31. The van der Waals surface area contributed by atoms with Crippen LogP contribution in [0.25, 0.3) is 0 Å². The van der Waals surface area contributed by atoms with Crippen molar-refractivity contribution in [3.8, 4) is 0 Å². The zero-order chi connectivity index (χ0) is 14.3. The van der Waals surface area contributed by atoms with E-state index in [-0.39, 0.29) is 5.82 Å². The van der Waals surface area contributed by atoms with Gasteiger partial charge in [-0.25, -0.2) is 4.39 Å². The van der Waals surface area contributed by atoms with Crippen LogP contribution < -0.4 is 5.32 Å². The normalized spacial score (nSPS) is 11.4. The summed E-state index contributed by atoms with van der Waals surface area (Å²) in [6, 6.07) is 6.15. The average molecular weight is 256 g/mol. The Labute approximate surface area is 113 Å². The second-order valence-corrected chi connectivity index (χ2v) is 3.87. The first kappa shape index (κ1) is 14.6. The molecule has 98 valence electrons. The fraction of sp³-hybridized carbons (Fsp3) is 0.0625. The minimum atomic E-state index is -0.304. The standard InChI is InChI=1S/C16H17FN2/c1-5-7-12(2)16(18-4)10-13(3)19-15-9-6-8-14(17)11-15/h5-11,19H,2-4H2,1H3/b7-5-,16-10-. The van der Waals surface area contributed by atoms with Gasteiger partial charge in [-0.1, -0.05) is 31.4 Å². The number of nitrogens with zero attached hydrogens (tertiary/aromatic N) is 1. The number of rotatable bonds is 6. The topological polar surface area (TPSA) is 24.4 Å². The maximum absolute atomic E-state index is 13.0. The second kappa shape index (κ2) is 7.11. The molecule has 0 heterocycles. The van der Waals surface area contributed by atoms with Gasteiger partial charge in [0.15, 0.2) is 0 Å². The lowest BCUT2D eigenvalue weighted by Crippen LogP contribution is -1.97. The molecule has 1 aromatic carbocycles. The molecule has 3 heteroatoms. The Morgan fingerprint density at radius 2 is 2.11 bits per heavy atom. The third-order valence-electron chi connectivity index (χ3n) is 2.31. The Morgan fingerprint density at radius 3 is 2.68 bits per heavy atom. The van der Waals surface area contributed by atoms with Gasteiger partial charge in [-0.2, -0.15) is 0 Å². The van der Waals surface area contributed by atoms with Crippen LogP contribution in [-0.4, -0.2) is 6.72 Å². The molecule has 0 unspecified atom stereocenters. The van der Waals surface area contributed by atoms with E-state index in [0.29, 0.717) is 17.1 Å². The minimum absolute atomic E-state index is 0.304. The molecule has 0 atom stereocenters. The van der Waals surface area contributed by atoms with Crippen LogP contribution in [0.4, 0.5) is 10.1 Å². The highest BCUT2D eigenvalue weighted by Gasteiger charge is 1.99. The molecule has 0 amide bonds. The van der Waals surface area contributed by atoms with Crippen LogP contribution in [0.5, 0.6) is 0 Å². The molecule has 0 bridgehead atoms. The summed E-state index contributed by atoms with van der Waals surface area (Å²) in [4.78, 5) is 3.89. The SMILES string of the molecule is C=N/C(=C\C(=C)Nc1cccc(F)c1)C(=C)/C=C\C. The van der Waals surface area contributed by atoms with Crippen molar-refractivity contribution >= 4 is 12.4 Å². The van der Waals surface area contributed by atoms with E-state index in [1.165, 1.54) is 12.1 Å². The number of halogens is 1. The summed E-state index contributed by atoms with van der Waals surface area (Å²) in [6.45, 7) is 13.1. The van der Waals surface area contributed by atoms with Gasteiger partial charge in [-0.15, -0.1) is 0 Å². The Bertz CT molecular complexity index is 554. The van der Waals surface area contributed by atoms with Gasteiger partial charge in [-0.05, 0) is 43.5 Å². The van der Waals surface area contributed by atoms with E-state index >= 15 is 0 Å². The first-order valence-electron chi connectivity index (χ1n) is 5.78. The molecule has 0 saturated carbocycles. The van der Waals surface area contributed by atoms with E-state index in [9.17, 15) is 4.39 Å². The molecule has 0 aliphatic heterocycles. The zero-order valence-corrected chi connectivity index (χ0v) is 11.0. The van der Waals surface area contributed by atoms with Gasteiger partial charge in [-0.3, -0.25) is 4.99 Å². The lowest BCUT2D eigenvalue weighted by molar-refractivity contribution is 0.628. The largest absolute Gasteiger partial charge is 0.356 e. The Morgan fingerprint density at radius 1 is 1.37 bits per heavy atom. The number of aliphatic imine (C=N–C) groups is 1. The second-order valence-electron chi connectivity index (χ2n) is 3.87. The van der Waals surface area contributed by atoms with Crippen LogP contribution in [0, 0.1) is 5.82 Å². The summed E-state index contributed by atoms with van der Waals surface area (Å²) in [7, 11) is 0. The van der Waals surface area contributed by atoms with E-state index in [1.807, 2.05) is 19.1 Å². The molecule has 0 spiro atoms. The number of allylic oxidation sites excluding steroid dienone is 3. The summed E-state index contributed by atoms with van der Waals surface area (Å²) < 4.78 is 13.0. The minimum Gasteiger partial charge on any atom is -0.356 e. The van der Waals surface area contributed by atoms with Gasteiger partial charge in [0, 0.05) is 11.4 Å². The smallest absolute Gasteiger partial charge is 0.125 e. The average Bonchev–Trinajstić information content (AvgIpc) is 2.36. The molecule has 0 aromatic heterocycles. The van der Waals surface area contributed by atoms with E-state index in [2.05, 4.69) is 30.2 Å². The summed E-state index contributed by atoms with van der Waals surface area (Å²) in [5, 5.41) is 2.98. The predicted octanol–water partition coefficient (Wildman–Crippen LogP) is 4.47. The predicted molar refractivity (Wildman–Crippen MR) is 80.7 cm³/mol. The quantitative estimate of drug-likeness (QED) is 0.589. The number of nitrogens with one attached hydrogen (secondary N) is 1. The maximum Gasteiger partial charge on any atom is 0.125 e. The number of anilines is 1. The molecule has 0 fully saturated rings. The summed E-state index contributed by atoms with van der Waals surface area (Å²) in [5.41, 5.74) is 2.56. The highest BCUT2D eigenvalue weighted by atomic mass is 19.1. The molecule has 1 N–H and O–H groups in total. The molecular weight excluding hydrogens is 239 g/mol. The van der Waals surface area contributed by atoms with Crippen molar-refractivity contribution in [2.75, 3.05) is 5.32 Å². The van der Waals surface area contributed by atoms with Crippen LogP contribution in [0.2, 0.25) is 0 Å². The van der Waals surface area contributed by atoms with Crippen LogP contribution in [0.1, 0.15) is 6.92 Å². The van der Waals surface area contributed by atoms with Crippen LogP contribution in [-0.2, 0) is 0 Å². The van der Waals surface area contributed by atoms with Crippen molar-refractivity contribution < 1.29 is 4.39 Å². The Hall–Kier alpha value is -2.42. The van der Waals surface area contributed by atoms with E-state index in [4.69, 9.17) is 0 Å². The van der Waals surface area contributed by atoms with Gasteiger partial charge in [0.05, 0.1) is 5.70 Å². The van der Waals surface area contributed by atoms with E-state index in [0.717, 1.165) is 5.57 Å². The van der Waals surface area contributed by atoms with Gasteiger partial charge in [0.2, 0.25) is 0 Å². The first-order valence-corrected chi connectivity index (χ1v) is 5.78. The molecular formula is C16H17FN2. The molecule has 19 heavy (non-hydrogen) atoms. The van der Waals surface area contributed by atoms with Crippen LogP contribution in [0.3, 0.4) is 0 Å². The molecule has 0 saturated heterocycles. The van der Waals surface area contributed by atoms with E-state index < -0.39 is 0 Å². The fourth-order valence-electron chi connectivity index (χ4n) is 1.48. The Kier molecular flexibility index (Phi) is 5.48. The Balaban J connectivity index is 2.83. The number of benzene rings is 1. The zero-order valence-electron chi connectivity index (χ0n) is 11.0. The summed E-state index contributed by atoms with van der Waals surface area (Å²) >= 11 is 0. The van der Waals surface area contributed by atoms with Gasteiger partial charge in [0.25, 0.3) is 0 Å². The van der Waals surface area contributed by atoms with E-state index in [1.54, 1.807) is 18.2 Å². The summed E-state index contributed by atoms with van der Waals surface area (Å²) in [5.74, 6) is -0.304. The van der Waals surface area contributed by atoms with Crippen LogP contribution in [0.15, 0.2) is 77.6 Å². The third kappa shape index (κ3) is 4.76. The lowest BCUT2D eigenvalue weighted by atomic mass is 10.2. The molecule has 0 radical (unpaired) electrons. The number of hydrogen-bond acceptors (Lipinski definition) is 2. The lowest BCUT2D eigenvalue weighted by Gasteiger charge is -2.07. The van der Waals surface area contributed by atoms with Crippen molar-refractivity contribution in [2.24, 2.45) is 4.99 Å². The van der Waals surface area contributed by atoms with Crippen molar-refractivity contribution in [1.82, 2.24) is 0 Å². The first-order chi connectivity index (χ1) is 9.06. The van der Waals surface area contributed by atoms with Crippen molar-refractivity contribution in [1.29, 1.82) is 0 Å². The monoisotopic (exact) mass is 256 g/mol. The van der Waals surface area contributed by atoms with Gasteiger partial charge in [0.1, 0.15) is 5.82 Å².